The first-order valence-electron chi connectivity index (χ1n) is 6.71. The molecule has 1 saturated heterocycles. The van der Waals surface area contributed by atoms with Gasteiger partial charge in [0.1, 0.15) is 5.01 Å². The number of aromatic nitrogens is 1. The molecule has 2 heterocycles. The maximum Gasteiger partial charge on any atom is 0.220 e. The lowest BCUT2D eigenvalue weighted by Crippen LogP contribution is -2.30. The van der Waals surface area contributed by atoms with Crippen LogP contribution in [0.15, 0.2) is 11.6 Å². The van der Waals surface area contributed by atoms with Crippen LogP contribution in [0.2, 0.25) is 0 Å². The molecule has 116 valence electrons. The molecular weight excluding hydrogens is 317 g/mol. The minimum atomic E-state index is 0. The van der Waals surface area contributed by atoms with Gasteiger partial charge < -0.3 is 10.6 Å². The molecule has 20 heavy (non-hydrogen) atoms. The van der Waals surface area contributed by atoms with Gasteiger partial charge in [-0.25, -0.2) is 4.98 Å². The number of thiazole rings is 1. The summed E-state index contributed by atoms with van der Waals surface area (Å²) >= 11 is 1.60. The molecule has 2 rings (SSSR count). The van der Waals surface area contributed by atoms with Gasteiger partial charge in [-0.2, -0.15) is 0 Å². The quantitative estimate of drug-likeness (QED) is 0.837. The van der Waals surface area contributed by atoms with Crippen molar-refractivity contribution in [1.29, 1.82) is 0 Å². The Balaban J connectivity index is 0.00000180. The predicted molar refractivity (Wildman–Crippen MR) is 88.0 cm³/mol. The van der Waals surface area contributed by atoms with Gasteiger partial charge in [-0.05, 0) is 32.2 Å². The summed E-state index contributed by atoms with van der Waals surface area (Å²) in [4.78, 5) is 16.2. The van der Waals surface area contributed by atoms with E-state index in [9.17, 15) is 4.79 Å². The van der Waals surface area contributed by atoms with Crippen LogP contribution in [0.4, 0.5) is 0 Å². The zero-order chi connectivity index (χ0) is 12.8. The first-order chi connectivity index (χ1) is 8.79. The Hall–Kier alpha value is -0.360. The Bertz CT molecular complexity index is 370. The minimum absolute atomic E-state index is 0. The topological polar surface area (TPSA) is 54.0 Å². The van der Waals surface area contributed by atoms with E-state index in [0.717, 1.165) is 24.4 Å². The predicted octanol–water partition coefficient (Wildman–Crippen LogP) is 3.09. The highest BCUT2D eigenvalue weighted by Crippen LogP contribution is 2.19. The molecule has 1 aromatic rings. The highest BCUT2D eigenvalue weighted by atomic mass is 35.5. The molecule has 2 N–H and O–H groups in total. The molecule has 1 aliphatic heterocycles. The Kier molecular flexibility index (Phi) is 10.2. The third-order valence-corrected chi connectivity index (χ3v) is 4.26. The van der Waals surface area contributed by atoms with Crippen molar-refractivity contribution in [3.05, 3.63) is 16.6 Å². The zero-order valence-corrected chi connectivity index (χ0v) is 14.1. The number of carbonyl (C=O) groups excluding carboxylic acids is 1. The first kappa shape index (κ1) is 19.6. The van der Waals surface area contributed by atoms with Crippen LogP contribution in [0.3, 0.4) is 0 Å². The lowest BCUT2D eigenvalue weighted by molar-refractivity contribution is -0.122. The third-order valence-electron chi connectivity index (χ3n) is 3.38. The summed E-state index contributed by atoms with van der Waals surface area (Å²) < 4.78 is 0. The molecule has 0 spiro atoms. The summed E-state index contributed by atoms with van der Waals surface area (Å²) in [6.45, 7) is 3.17. The van der Waals surface area contributed by atoms with E-state index >= 15 is 0 Å². The Morgan fingerprint density at radius 2 is 2.40 bits per heavy atom. The number of carbonyl (C=O) groups is 1. The second-order valence-electron chi connectivity index (χ2n) is 4.73. The Morgan fingerprint density at radius 3 is 2.95 bits per heavy atom. The number of nitrogens with zero attached hydrogens (tertiary/aromatic N) is 1. The molecule has 1 amide bonds. The van der Waals surface area contributed by atoms with Crippen molar-refractivity contribution in [2.24, 2.45) is 0 Å². The summed E-state index contributed by atoms with van der Waals surface area (Å²) in [5.74, 6) is 0.144. The maximum absolute atomic E-state index is 11.9. The maximum atomic E-state index is 11.9. The monoisotopic (exact) mass is 339 g/mol. The fourth-order valence-electron chi connectivity index (χ4n) is 2.32. The van der Waals surface area contributed by atoms with Gasteiger partial charge in [-0.1, -0.05) is 6.92 Å². The number of hydrogen-bond acceptors (Lipinski definition) is 4. The molecule has 0 saturated carbocycles. The van der Waals surface area contributed by atoms with Gasteiger partial charge in [0, 0.05) is 24.0 Å². The molecule has 4 nitrogen and oxygen atoms in total. The second kappa shape index (κ2) is 10.4. The molecule has 2 atom stereocenters. The summed E-state index contributed by atoms with van der Waals surface area (Å²) in [6.07, 6.45) is 6.68. The van der Waals surface area contributed by atoms with Crippen molar-refractivity contribution in [3.8, 4) is 0 Å². The highest BCUT2D eigenvalue weighted by molar-refractivity contribution is 7.09. The largest absolute Gasteiger partial charge is 0.347 e. The van der Waals surface area contributed by atoms with Gasteiger partial charge in [0.25, 0.3) is 0 Å². The molecular formula is C13H23Cl2N3OS. The van der Waals surface area contributed by atoms with Crippen molar-refractivity contribution in [2.45, 2.75) is 51.1 Å². The number of halogens is 2. The van der Waals surface area contributed by atoms with E-state index in [1.807, 2.05) is 5.38 Å². The lowest BCUT2D eigenvalue weighted by Gasteiger charge is -2.15. The standard InChI is InChI=1S/C13H21N3OS.2ClH/c1-2-11(13-15-8-9-18-13)16-12(17)6-5-10-4-3-7-14-10;;/h8-11,14H,2-7H2,1H3,(H,16,17);2*1H. The van der Waals surface area contributed by atoms with Crippen LogP contribution in [0.25, 0.3) is 0 Å². The van der Waals surface area contributed by atoms with E-state index in [1.165, 1.54) is 12.8 Å². The normalized spacial score (nSPS) is 18.8. The van der Waals surface area contributed by atoms with Crippen LogP contribution in [-0.4, -0.2) is 23.5 Å². The SMILES string of the molecule is CCC(NC(=O)CCC1CCCN1)c1nccs1.Cl.Cl. The summed E-state index contributed by atoms with van der Waals surface area (Å²) in [5, 5.41) is 9.45. The van der Waals surface area contributed by atoms with Gasteiger partial charge in [0.2, 0.25) is 5.91 Å². The summed E-state index contributed by atoms with van der Waals surface area (Å²) in [7, 11) is 0. The van der Waals surface area contributed by atoms with E-state index in [-0.39, 0.29) is 36.8 Å². The molecule has 7 heteroatoms. The fourth-order valence-corrected chi connectivity index (χ4v) is 3.09. The number of amides is 1. The average Bonchev–Trinajstić information content (AvgIpc) is 3.05. The van der Waals surface area contributed by atoms with Gasteiger partial charge >= 0.3 is 0 Å². The van der Waals surface area contributed by atoms with E-state index < -0.39 is 0 Å². The molecule has 2 unspecified atom stereocenters. The number of hydrogen-bond donors (Lipinski definition) is 2. The highest BCUT2D eigenvalue weighted by Gasteiger charge is 2.18. The van der Waals surface area contributed by atoms with Crippen molar-refractivity contribution < 1.29 is 4.79 Å². The second-order valence-corrected chi connectivity index (χ2v) is 5.66. The van der Waals surface area contributed by atoms with E-state index in [2.05, 4.69) is 22.5 Å². The molecule has 1 aromatic heterocycles. The molecule has 0 aliphatic carbocycles. The van der Waals surface area contributed by atoms with Crippen LogP contribution < -0.4 is 10.6 Å². The van der Waals surface area contributed by atoms with Crippen LogP contribution in [0.1, 0.15) is 50.1 Å². The Morgan fingerprint density at radius 1 is 1.60 bits per heavy atom. The lowest BCUT2D eigenvalue weighted by atomic mass is 10.1. The summed E-state index contributed by atoms with van der Waals surface area (Å²) in [6, 6.07) is 0.615. The third kappa shape index (κ3) is 5.95. The molecule has 1 aliphatic rings. The average molecular weight is 340 g/mol. The number of nitrogens with one attached hydrogen (secondary N) is 2. The van der Waals surface area contributed by atoms with Crippen molar-refractivity contribution in [2.75, 3.05) is 6.54 Å². The summed E-state index contributed by atoms with van der Waals surface area (Å²) in [5.41, 5.74) is 0. The van der Waals surface area contributed by atoms with Crippen LogP contribution in [0.5, 0.6) is 0 Å². The van der Waals surface area contributed by atoms with E-state index in [1.54, 1.807) is 17.5 Å². The first-order valence-corrected chi connectivity index (χ1v) is 7.59. The van der Waals surface area contributed by atoms with Gasteiger partial charge in [0.15, 0.2) is 0 Å². The molecule has 1 fully saturated rings. The van der Waals surface area contributed by atoms with Crippen molar-refractivity contribution in [3.63, 3.8) is 0 Å². The fraction of sp³-hybridized carbons (Fsp3) is 0.692. The molecule has 0 radical (unpaired) electrons. The molecule has 0 bridgehead atoms. The van der Waals surface area contributed by atoms with E-state index in [4.69, 9.17) is 0 Å². The zero-order valence-electron chi connectivity index (χ0n) is 11.6. The molecule has 0 aromatic carbocycles. The number of rotatable bonds is 6. The Labute approximate surface area is 137 Å². The van der Waals surface area contributed by atoms with Crippen molar-refractivity contribution in [1.82, 2.24) is 15.6 Å². The smallest absolute Gasteiger partial charge is 0.220 e. The van der Waals surface area contributed by atoms with Crippen LogP contribution in [0, 0.1) is 0 Å². The minimum Gasteiger partial charge on any atom is -0.347 e. The van der Waals surface area contributed by atoms with Crippen molar-refractivity contribution >= 4 is 42.1 Å². The van der Waals surface area contributed by atoms with E-state index in [0.29, 0.717) is 12.5 Å². The van der Waals surface area contributed by atoms with Gasteiger partial charge in [-0.3, -0.25) is 4.79 Å². The van der Waals surface area contributed by atoms with Crippen LogP contribution >= 0.6 is 36.2 Å². The van der Waals surface area contributed by atoms with Gasteiger partial charge in [-0.15, -0.1) is 36.2 Å². The van der Waals surface area contributed by atoms with Crippen LogP contribution in [-0.2, 0) is 4.79 Å². The van der Waals surface area contributed by atoms with Gasteiger partial charge in [0.05, 0.1) is 6.04 Å².